The molecule has 1 aromatic rings. The Morgan fingerprint density at radius 2 is 1.80 bits per heavy atom. The summed E-state index contributed by atoms with van der Waals surface area (Å²) in [5.41, 5.74) is 0.231. The topological polar surface area (TPSA) is 72.5 Å². The standard InChI is InChI=1S/C13H18FNO4S/c1-13(2,3)19-12(16)15-9-8-10-4-6-11(7-5-10)20(14,17)18/h4-7H,8-9H2,1-3H3,(H,15,16). The van der Waals surface area contributed by atoms with Crippen molar-refractivity contribution < 1.29 is 21.8 Å². The van der Waals surface area contributed by atoms with E-state index in [1.165, 1.54) is 24.3 Å². The van der Waals surface area contributed by atoms with Crippen molar-refractivity contribution in [3.8, 4) is 0 Å². The minimum atomic E-state index is -4.66. The summed E-state index contributed by atoms with van der Waals surface area (Å²) in [5, 5.41) is 2.58. The van der Waals surface area contributed by atoms with Crippen LogP contribution in [0.15, 0.2) is 29.2 Å². The second-order valence-electron chi connectivity index (χ2n) is 5.26. The van der Waals surface area contributed by atoms with E-state index in [9.17, 15) is 17.1 Å². The first-order valence-corrected chi connectivity index (χ1v) is 7.47. The number of alkyl carbamates (subject to hydrolysis) is 1. The molecule has 0 aliphatic carbocycles. The van der Waals surface area contributed by atoms with Gasteiger partial charge in [-0.3, -0.25) is 0 Å². The first-order valence-electron chi connectivity index (χ1n) is 6.08. The highest BCUT2D eigenvalue weighted by Gasteiger charge is 2.15. The molecule has 0 aliphatic rings. The molecule has 0 spiro atoms. The van der Waals surface area contributed by atoms with Crippen molar-refractivity contribution >= 4 is 16.3 Å². The van der Waals surface area contributed by atoms with E-state index in [2.05, 4.69) is 5.32 Å². The van der Waals surface area contributed by atoms with Gasteiger partial charge in [0.2, 0.25) is 0 Å². The molecule has 0 bridgehead atoms. The van der Waals surface area contributed by atoms with Crippen LogP contribution in [-0.2, 0) is 21.4 Å². The zero-order valence-electron chi connectivity index (χ0n) is 11.6. The van der Waals surface area contributed by atoms with Gasteiger partial charge in [-0.05, 0) is 44.9 Å². The summed E-state index contributed by atoms with van der Waals surface area (Å²) in [6, 6.07) is 5.39. The van der Waals surface area contributed by atoms with E-state index >= 15 is 0 Å². The number of nitrogens with one attached hydrogen (secondary N) is 1. The highest BCUT2D eigenvalue weighted by Crippen LogP contribution is 2.13. The third kappa shape index (κ3) is 6.01. The monoisotopic (exact) mass is 303 g/mol. The minimum Gasteiger partial charge on any atom is -0.444 e. The Bertz CT molecular complexity index is 561. The molecule has 0 atom stereocenters. The van der Waals surface area contributed by atoms with E-state index in [0.717, 1.165) is 5.56 Å². The van der Waals surface area contributed by atoms with Gasteiger partial charge in [-0.25, -0.2) is 4.79 Å². The zero-order valence-corrected chi connectivity index (χ0v) is 12.5. The van der Waals surface area contributed by atoms with Gasteiger partial charge in [-0.2, -0.15) is 8.42 Å². The van der Waals surface area contributed by atoms with E-state index in [4.69, 9.17) is 4.74 Å². The van der Waals surface area contributed by atoms with Gasteiger partial charge in [0.25, 0.3) is 0 Å². The van der Waals surface area contributed by atoms with Crippen molar-refractivity contribution in [2.75, 3.05) is 6.54 Å². The summed E-state index contributed by atoms with van der Waals surface area (Å²) in [5.74, 6) is 0. The van der Waals surface area contributed by atoms with Crippen LogP contribution in [0.4, 0.5) is 8.68 Å². The number of benzene rings is 1. The van der Waals surface area contributed by atoms with Crippen LogP contribution in [-0.4, -0.2) is 26.7 Å². The molecule has 5 nitrogen and oxygen atoms in total. The Labute approximate surface area is 118 Å². The number of amides is 1. The Balaban J connectivity index is 2.45. The van der Waals surface area contributed by atoms with Crippen molar-refractivity contribution in [1.82, 2.24) is 5.32 Å². The Hall–Kier alpha value is -1.63. The van der Waals surface area contributed by atoms with Crippen LogP contribution >= 0.6 is 0 Å². The molecule has 0 saturated heterocycles. The lowest BCUT2D eigenvalue weighted by molar-refractivity contribution is 0.0528. The molecule has 0 fully saturated rings. The van der Waals surface area contributed by atoms with Gasteiger partial charge in [-0.15, -0.1) is 3.89 Å². The number of halogens is 1. The van der Waals surface area contributed by atoms with Crippen LogP contribution in [0, 0.1) is 0 Å². The molecule has 1 rings (SSSR count). The summed E-state index contributed by atoms with van der Waals surface area (Å²) < 4.78 is 39.0. The fourth-order valence-corrected chi connectivity index (χ4v) is 1.90. The molecule has 20 heavy (non-hydrogen) atoms. The molecule has 1 amide bonds. The maximum Gasteiger partial charge on any atom is 0.407 e. The molecule has 1 N–H and O–H groups in total. The van der Waals surface area contributed by atoms with Crippen molar-refractivity contribution in [2.24, 2.45) is 0 Å². The van der Waals surface area contributed by atoms with Crippen LogP contribution in [0.1, 0.15) is 26.3 Å². The first-order chi connectivity index (χ1) is 9.08. The zero-order chi connectivity index (χ0) is 15.4. The lowest BCUT2D eigenvalue weighted by Gasteiger charge is -2.19. The van der Waals surface area contributed by atoms with Crippen LogP contribution in [0.3, 0.4) is 0 Å². The van der Waals surface area contributed by atoms with Crippen LogP contribution in [0.25, 0.3) is 0 Å². The Morgan fingerprint density at radius 1 is 1.25 bits per heavy atom. The van der Waals surface area contributed by atoms with E-state index in [-0.39, 0.29) is 4.90 Å². The molecule has 0 aromatic heterocycles. The van der Waals surface area contributed by atoms with E-state index < -0.39 is 21.9 Å². The average Bonchev–Trinajstić information content (AvgIpc) is 2.26. The van der Waals surface area contributed by atoms with E-state index in [1.54, 1.807) is 20.8 Å². The second-order valence-corrected chi connectivity index (χ2v) is 6.61. The number of ether oxygens (including phenoxy) is 1. The number of rotatable bonds is 4. The molecule has 0 unspecified atom stereocenters. The molecule has 0 heterocycles. The smallest absolute Gasteiger partial charge is 0.407 e. The number of carbonyl (C=O) groups is 1. The molecular formula is C13H18FNO4S. The van der Waals surface area contributed by atoms with Crippen molar-refractivity contribution in [3.05, 3.63) is 29.8 Å². The molecule has 112 valence electrons. The Kier molecular flexibility index (Phi) is 5.10. The first kappa shape index (κ1) is 16.4. The summed E-state index contributed by atoms with van der Waals surface area (Å²) in [7, 11) is -4.66. The number of hydrogen-bond donors (Lipinski definition) is 1. The summed E-state index contributed by atoms with van der Waals surface area (Å²) >= 11 is 0. The van der Waals surface area contributed by atoms with Crippen molar-refractivity contribution in [1.29, 1.82) is 0 Å². The fourth-order valence-electron chi connectivity index (χ4n) is 1.44. The largest absolute Gasteiger partial charge is 0.444 e. The number of carbonyl (C=O) groups excluding carboxylic acids is 1. The predicted molar refractivity (Wildman–Crippen MR) is 72.7 cm³/mol. The van der Waals surface area contributed by atoms with Gasteiger partial charge >= 0.3 is 16.3 Å². The van der Waals surface area contributed by atoms with Gasteiger partial charge in [0, 0.05) is 6.54 Å². The predicted octanol–water partition coefficient (Wildman–Crippen LogP) is 2.41. The summed E-state index contributed by atoms with van der Waals surface area (Å²) in [6.45, 7) is 5.64. The minimum absolute atomic E-state index is 0.344. The van der Waals surface area contributed by atoms with Gasteiger partial charge in [-0.1, -0.05) is 12.1 Å². The van der Waals surface area contributed by atoms with Crippen molar-refractivity contribution in [2.45, 2.75) is 37.7 Å². The summed E-state index contributed by atoms with van der Waals surface area (Å²) in [6.07, 6.45) is -0.0215. The third-order valence-electron chi connectivity index (χ3n) is 2.29. The lowest BCUT2D eigenvalue weighted by Crippen LogP contribution is -2.33. The van der Waals surface area contributed by atoms with Crippen molar-refractivity contribution in [3.63, 3.8) is 0 Å². The van der Waals surface area contributed by atoms with Gasteiger partial charge in [0.05, 0.1) is 4.90 Å². The van der Waals surface area contributed by atoms with Crippen LogP contribution in [0.5, 0.6) is 0 Å². The van der Waals surface area contributed by atoms with E-state index in [0.29, 0.717) is 13.0 Å². The molecule has 1 aromatic carbocycles. The van der Waals surface area contributed by atoms with Crippen LogP contribution < -0.4 is 5.32 Å². The number of hydrogen-bond acceptors (Lipinski definition) is 4. The van der Waals surface area contributed by atoms with Gasteiger partial charge in [0.1, 0.15) is 5.60 Å². The second kappa shape index (κ2) is 6.21. The maximum absolute atomic E-state index is 12.7. The van der Waals surface area contributed by atoms with Crippen LogP contribution in [0.2, 0.25) is 0 Å². The van der Waals surface area contributed by atoms with E-state index in [1.807, 2.05) is 0 Å². The van der Waals surface area contributed by atoms with Gasteiger partial charge in [0.15, 0.2) is 0 Å². The maximum atomic E-state index is 12.7. The molecule has 0 saturated carbocycles. The highest BCUT2D eigenvalue weighted by atomic mass is 32.3. The normalized spacial score (nSPS) is 12.0. The lowest BCUT2D eigenvalue weighted by atomic mass is 10.1. The molecule has 0 radical (unpaired) electrons. The Morgan fingerprint density at radius 3 is 2.25 bits per heavy atom. The SMILES string of the molecule is CC(C)(C)OC(=O)NCCc1ccc(S(=O)(=O)F)cc1. The summed E-state index contributed by atoms with van der Waals surface area (Å²) in [4.78, 5) is 11.0. The fraction of sp³-hybridized carbons (Fsp3) is 0.462. The molecule has 7 heteroatoms. The third-order valence-corrected chi connectivity index (χ3v) is 3.12. The average molecular weight is 303 g/mol. The molecule has 0 aliphatic heterocycles. The highest BCUT2D eigenvalue weighted by molar-refractivity contribution is 7.86. The van der Waals surface area contributed by atoms with Gasteiger partial charge < -0.3 is 10.1 Å². The quantitative estimate of drug-likeness (QED) is 0.867. The molecular weight excluding hydrogens is 285 g/mol.